The molecule has 0 bridgehead atoms. The molecule has 1 unspecified atom stereocenters. The van der Waals surface area contributed by atoms with Gasteiger partial charge in [0, 0.05) is 26.4 Å². The average molecular weight is 323 g/mol. The summed E-state index contributed by atoms with van der Waals surface area (Å²) in [6.07, 6.45) is 4.32. The Labute approximate surface area is 134 Å². The van der Waals surface area contributed by atoms with Gasteiger partial charge in [0.15, 0.2) is 0 Å². The highest BCUT2D eigenvalue weighted by molar-refractivity contribution is 5.85. The molecular weight excluding hydrogens is 292 g/mol. The summed E-state index contributed by atoms with van der Waals surface area (Å²) in [5, 5.41) is 12.2. The lowest BCUT2D eigenvalue weighted by atomic mass is 9.79. The summed E-state index contributed by atoms with van der Waals surface area (Å²) in [7, 11) is 0. The van der Waals surface area contributed by atoms with Crippen LogP contribution in [0, 0.1) is 11.3 Å². The van der Waals surface area contributed by atoms with Crippen molar-refractivity contribution in [3.05, 3.63) is 0 Å². The van der Waals surface area contributed by atoms with E-state index >= 15 is 0 Å². The monoisotopic (exact) mass is 322 g/mol. The number of amides is 1. The van der Waals surface area contributed by atoms with Gasteiger partial charge >= 0.3 is 0 Å². The topological polar surface area (TPSA) is 84.6 Å². The molecule has 0 aromatic rings. The van der Waals surface area contributed by atoms with Crippen LogP contribution in [0.25, 0.3) is 0 Å². The van der Waals surface area contributed by atoms with Crippen LogP contribution in [-0.4, -0.2) is 43.4 Å². The third-order valence-electron chi connectivity index (χ3n) is 4.86. The van der Waals surface area contributed by atoms with E-state index in [0.29, 0.717) is 26.2 Å². The number of aliphatic hydroxyl groups is 1. The molecule has 1 heterocycles. The molecule has 1 amide bonds. The molecule has 1 fully saturated rings. The minimum absolute atomic E-state index is 0. The maximum Gasteiger partial charge on any atom is 0.237 e. The molecule has 6 heteroatoms. The van der Waals surface area contributed by atoms with Crippen molar-refractivity contribution in [1.82, 2.24) is 5.32 Å². The Bertz CT molecular complexity index is 293. The highest BCUT2D eigenvalue weighted by Gasteiger charge is 2.30. The maximum absolute atomic E-state index is 12.2. The van der Waals surface area contributed by atoms with Gasteiger partial charge in [-0.15, -0.1) is 12.4 Å². The molecule has 5 nitrogen and oxygen atoms in total. The van der Waals surface area contributed by atoms with E-state index < -0.39 is 6.04 Å². The lowest BCUT2D eigenvalue weighted by Crippen LogP contribution is -2.49. The van der Waals surface area contributed by atoms with Gasteiger partial charge < -0.3 is 20.9 Å². The van der Waals surface area contributed by atoms with Gasteiger partial charge in [0.05, 0.1) is 6.04 Å². The SMILES string of the molecule is CCC(CC)(CCO)CNC(=O)C(N)C1CCOCC1.Cl. The van der Waals surface area contributed by atoms with Gasteiger partial charge in [-0.1, -0.05) is 13.8 Å². The fourth-order valence-electron chi connectivity index (χ4n) is 2.86. The number of ether oxygens (including phenoxy) is 1. The minimum Gasteiger partial charge on any atom is -0.396 e. The Morgan fingerprint density at radius 3 is 2.43 bits per heavy atom. The second-order valence-corrected chi connectivity index (χ2v) is 5.87. The quantitative estimate of drug-likeness (QED) is 0.632. The second-order valence-electron chi connectivity index (χ2n) is 5.87. The molecule has 1 rings (SSSR count). The maximum atomic E-state index is 12.2. The molecule has 0 spiro atoms. The van der Waals surface area contributed by atoms with E-state index in [-0.39, 0.29) is 36.3 Å². The number of carbonyl (C=O) groups excluding carboxylic acids is 1. The summed E-state index contributed by atoms with van der Waals surface area (Å²) in [4.78, 5) is 12.2. The minimum atomic E-state index is -0.445. The summed E-state index contributed by atoms with van der Waals surface area (Å²) in [6.45, 7) is 6.35. The third kappa shape index (κ3) is 6.10. The first-order valence-electron chi connectivity index (χ1n) is 7.80. The molecule has 1 saturated heterocycles. The van der Waals surface area contributed by atoms with Crippen LogP contribution in [0.1, 0.15) is 46.0 Å². The normalized spacial score (nSPS) is 17.9. The van der Waals surface area contributed by atoms with E-state index in [1.165, 1.54) is 0 Å². The van der Waals surface area contributed by atoms with Crippen LogP contribution in [-0.2, 0) is 9.53 Å². The molecular formula is C15H31ClN2O3. The van der Waals surface area contributed by atoms with E-state index in [1.54, 1.807) is 0 Å². The summed E-state index contributed by atoms with van der Waals surface area (Å²) >= 11 is 0. The average Bonchev–Trinajstić information content (AvgIpc) is 2.51. The molecule has 1 aliphatic heterocycles. The van der Waals surface area contributed by atoms with E-state index in [1.807, 2.05) is 0 Å². The predicted octanol–water partition coefficient (Wildman–Crippen LogP) is 1.47. The van der Waals surface area contributed by atoms with E-state index in [9.17, 15) is 9.90 Å². The molecule has 0 aromatic heterocycles. The molecule has 126 valence electrons. The summed E-state index contributed by atoms with van der Waals surface area (Å²) < 4.78 is 5.30. The fraction of sp³-hybridized carbons (Fsp3) is 0.933. The van der Waals surface area contributed by atoms with Gasteiger partial charge in [-0.3, -0.25) is 4.79 Å². The highest BCUT2D eigenvalue weighted by Crippen LogP contribution is 2.29. The van der Waals surface area contributed by atoms with Crippen molar-refractivity contribution in [3.8, 4) is 0 Å². The lowest BCUT2D eigenvalue weighted by molar-refractivity contribution is -0.125. The molecule has 0 aliphatic carbocycles. The molecule has 21 heavy (non-hydrogen) atoms. The Hall–Kier alpha value is -0.360. The van der Waals surface area contributed by atoms with Gasteiger partial charge in [-0.2, -0.15) is 0 Å². The lowest BCUT2D eigenvalue weighted by Gasteiger charge is -2.33. The van der Waals surface area contributed by atoms with Gasteiger partial charge in [0.1, 0.15) is 0 Å². The zero-order valence-corrected chi connectivity index (χ0v) is 14.1. The summed E-state index contributed by atoms with van der Waals surface area (Å²) in [6, 6.07) is -0.445. The van der Waals surface area contributed by atoms with Crippen molar-refractivity contribution in [2.75, 3.05) is 26.4 Å². The first-order chi connectivity index (χ1) is 9.58. The van der Waals surface area contributed by atoms with Gasteiger partial charge in [0.2, 0.25) is 5.91 Å². The number of nitrogens with two attached hydrogens (primary N) is 1. The molecule has 1 atom stereocenters. The van der Waals surface area contributed by atoms with Crippen LogP contribution < -0.4 is 11.1 Å². The van der Waals surface area contributed by atoms with Crippen molar-refractivity contribution in [2.45, 2.75) is 52.0 Å². The standard InChI is InChI=1S/C15H30N2O3.ClH/c1-3-15(4-2,7-8-18)11-17-14(19)13(16)12-5-9-20-10-6-12;/h12-13,18H,3-11,16H2,1-2H3,(H,17,19);1H. The Morgan fingerprint density at radius 2 is 1.95 bits per heavy atom. The number of hydrogen-bond donors (Lipinski definition) is 3. The van der Waals surface area contributed by atoms with Crippen LogP contribution in [0.3, 0.4) is 0 Å². The van der Waals surface area contributed by atoms with Crippen LogP contribution >= 0.6 is 12.4 Å². The third-order valence-corrected chi connectivity index (χ3v) is 4.86. The van der Waals surface area contributed by atoms with Crippen LogP contribution in [0.2, 0.25) is 0 Å². The van der Waals surface area contributed by atoms with Crippen LogP contribution in [0.15, 0.2) is 0 Å². The number of hydrogen-bond acceptors (Lipinski definition) is 4. The molecule has 0 aromatic carbocycles. The second kappa shape index (κ2) is 10.4. The zero-order chi connectivity index (χ0) is 15.0. The number of carbonyl (C=O) groups is 1. The largest absolute Gasteiger partial charge is 0.396 e. The highest BCUT2D eigenvalue weighted by atomic mass is 35.5. The smallest absolute Gasteiger partial charge is 0.237 e. The zero-order valence-electron chi connectivity index (χ0n) is 13.3. The first-order valence-corrected chi connectivity index (χ1v) is 7.80. The van der Waals surface area contributed by atoms with Gasteiger partial charge in [-0.25, -0.2) is 0 Å². The fourth-order valence-corrected chi connectivity index (χ4v) is 2.86. The van der Waals surface area contributed by atoms with Gasteiger partial charge in [0.25, 0.3) is 0 Å². The predicted molar refractivity (Wildman–Crippen MR) is 86.5 cm³/mol. The summed E-state index contributed by atoms with van der Waals surface area (Å²) in [5.41, 5.74) is 6.05. The Balaban J connectivity index is 0.00000400. The first kappa shape index (κ1) is 20.6. The van der Waals surface area contributed by atoms with Crippen LogP contribution in [0.4, 0.5) is 0 Å². The Morgan fingerprint density at radius 1 is 1.38 bits per heavy atom. The number of rotatable bonds is 8. The number of aliphatic hydroxyl groups excluding tert-OH is 1. The molecule has 0 saturated carbocycles. The molecule has 4 N–H and O–H groups in total. The van der Waals surface area contributed by atoms with Crippen molar-refractivity contribution in [1.29, 1.82) is 0 Å². The van der Waals surface area contributed by atoms with E-state index in [4.69, 9.17) is 10.5 Å². The van der Waals surface area contributed by atoms with E-state index in [0.717, 1.165) is 25.7 Å². The van der Waals surface area contributed by atoms with Crippen molar-refractivity contribution >= 4 is 18.3 Å². The summed E-state index contributed by atoms with van der Waals surface area (Å²) in [5.74, 6) is 0.153. The van der Waals surface area contributed by atoms with E-state index in [2.05, 4.69) is 19.2 Å². The van der Waals surface area contributed by atoms with Crippen molar-refractivity contribution in [3.63, 3.8) is 0 Å². The van der Waals surface area contributed by atoms with Gasteiger partial charge in [-0.05, 0) is 43.4 Å². The van der Waals surface area contributed by atoms with Crippen LogP contribution in [0.5, 0.6) is 0 Å². The molecule has 1 aliphatic rings. The van der Waals surface area contributed by atoms with Crippen molar-refractivity contribution in [2.24, 2.45) is 17.1 Å². The number of nitrogens with one attached hydrogen (secondary N) is 1. The van der Waals surface area contributed by atoms with Crippen molar-refractivity contribution < 1.29 is 14.6 Å². The molecule has 0 radical (unpaired) electrons. The number of halogens is 1. The Kier molecular flexibility index (Phi) is 10.2.